The number of carbonyl (C=O) groups excluding carboxylic acids is 2. The summed E-state index contributed by atoms with van der Waals surface area (Å²) in [6.07, 6.45) is -2.41. The van der Waals surface area contributed by atoms with Crippen molar-refractivity contribution in [3.05, 3.63) is 35.9 Å². The molecule has 1 aliphatic heterocycles. The Kier molecular flexibility index (Phi) is 4.86. The van der Waals surface area contributed by atoms with E-state index in [2.05, 4.69) is 4.74 Å². The van der Waals surface area contributed by atoms with Crippen molar-refractivity contribution in [2.75, 3.05) is 7.11 Å². The van der Waals surface area contributed by atoms with Crippen LogP contribution in [-0.4, -0.2) is 43.5 Å². The number of esters is 1. The molecule has 1 saturated heterocycles. The average molecular weight is 357 g/mol. The van der Waals surface area contributed by atoms with Crippen molar-refractivity contribution < 1.29 is 31.7 Å². The molecule has 2 rings (SSSR count). The van der Waals surface area contributed by atoms with Crippen molar-refractivity contribution in [1.82, 2.24) is 4.31 Å². The molecule has 0 unspecified atom stereocenters. The first kappa shape index (κ1) is 18.2. The van der Waals surface area contributed by atoms with E-state index < -0.39 is 40.1 Å². The molecule has 0 saturated carbocycles. The third-order valence-electron chi connectivity index (χ3n) is 3.15. The first-order valence-corrected chi connectivity index (χ1v) is 8.52. The number of benzene rings is 1. The predicted molar refractivity (Wildman–Crippen MR) is 83.1 cm³/mol. The highest BCUT2D eigenvalue weighted by atomic mass is 32.2. The van der Waals surface area contributed by atoms with Crippen molar-refractivity contribution in [2.45, 2.75) is 38.5 Å². The number of carbonyl (C=O) groups is 2. The highest BCUT2D eigenvalue weighted by Gasteiger charge is 2.55. The fourth-order valence-electron chi connectivity index (χ4n) is 2.22. The van der Waals surface area contributed by atoms with E-state index in [0.29, 0.717) is 9.87 Å². The zero-order valence-electron chi connectivity index (χ0n) is 13.8. The third-order valence-corrected chi connectivity index (χ3v) is 4.46. The number of ether oxygens (including phenoxy) is 2. The van der Waals surface area contributed by atoms with E-state index in [0.717, 1.165) is 7.11 Å². The van der Waals surface area contributed by atoms with Crippen LogP contribution in [0.5, 0.6) is 0 Å². The molecule has 132 valence electrons. The van der Waals surface area contributed by atoms with E-state index in [1.54, 1.807) is 51.1 Å². The third kappa shape index (κ3) is 3.68. The molecule has 2 atom stereocenters. The number of hydrogen-bond acceptors (Lipinski definition) is 7. The van der Waals surface area contributed by atoms with Gasteiger partial charge in [-0.2, -0.15) is 12.7 Å². The van der Waals surface area contributed by atoms with E-state index in [-0.39, 0.29) is 0 Å². The summed E-state index contributed by atoms with van der Waals surface area (Å²) in [6.45, 7) is 4.74. The molecule has 1 aromatic carbocycles. The Bertz CT molecular complexity index is 724. The summed E-state index contributed by atoms with van der Waals surface area (Å²) in [5.74, 6) is -0.921. The Labute approximate surface area is 140 Å². The lowest BCUT2D eigenvalue weighted by atomic mass is 10.0. The summed E-state index contributed by atoms with van der Waals surface area (Å²) >= 11 is 0. The maximum atomic E-state index is 12.3. The van der Waals surface area contributed by atoms with Gasteiger partial charge in [-0.15, -0.1) is 0 Å². The lowest BCUT2D eigenvalue weighted by molar-refractivity contribution is -0.146. The number of rotatable bonds is 2. The fraction of sp³-hybridized carbons (Fsp3) is 0.467. The zero-order valence-corrected chi connectivity index (χ0v) is 14.6. The number of hydrogen-bond donors (Lipinski definition) is 0. The quantitative estimate of drug-likeness (QED) is 0.744. The minimum Gasteiger partial charge on any atom is -0.467 e. The van der Waals surface area contributed by atoms with E-state index in [1.807, 2.05) is 0 Å². The Morgan fingerprint density at radius 2 is 1.75 bits per heavy atom. The Morgan fingerprint density at radius 1 is 1.17 bits per heavy atom. The van der Waals surface area contributed by atoms with Gasteiger partial charge in [0.05, 0.1) is 7.11 Å². The van der Waals surface area contributed by atoms with E-state index in [9.17, 15) is 18.0 Å². The molecule has 9 heteroatoms. The van der Waals surface area contributed by atoms with E-state index in [1.165, 1.54) is 0 Å². The summed E-state index contributed by atoms with van der Waals surface area (Å²) in [6, 6.07) is 6.73. The molecule has 1 heterocycles. The highest BCUT2D eigenvalue weighted by Crippen LogP contribution is 2.37. The van der Waals surface area contributed by atoms with Crippen LogP contribution < -0.4 is 0 Å². The molecular formula is C15H19NO7S. The monoisotopic (exact) mass is 357 g/mol. The van der Waals surface area contributed by atoms with Crippen LogP contribution in [0.4, 0.5) is 4.79 Å². The fourth-order valence-corrected chi connectivity index (χ4v) is 3.49. The topological polar surface area (TPSA) is 99.2 Å². The highest BCUT2D eigenvalue weighted by molar-refractivity contribution is 7.85. The van der Waals surface area contributed by atoms with Crippen LogP contribution in [0, 0.1) is 0 Å². The van der Waals surface area contributed by atoms with Crippen molar-refractivity contribution in [2.24, 2.45) is 0 Å². The largest absolute Gasteiger partial charge is 0.467 e. The van der Waals surface area contributed by atoms with Crippen LogP contribution in [0.15, 0.2) is 30.3 Å². The van der Waals surface area contributed by atoms with Gasteiger partial charge in [0.2, 0.25) is 0 Å². The van der Waals surface area contributed by atoms with Gasteiger partial charge in [-0.1, -0.05) is 30.3 Å². The summed E-state index contributed by atoms with van der Waals surface area (Å²) in [5, 5.41) is 0. The molecule has 1 amide bonds. The zero-order chi connectivity index (χ0) is 18.1. The van der Waals surface area contributed by atoms with Crippen LogP contribution >= 0.6 is 0 Å². The molecule has 0 radical (unpaired) electrons. The van der Waals surface area contributed by atoms with Gasteiger partial charge < -0.3 is 9.47 Å². The second kappa shape index (κ2) is 6.40. The first-order chi connectivity index (χ1) is 11.1. The SMILES string of the molecule is COC(=O)[C@@H]1[C@@H](c2ccccc2)OS(=O)(=O)N1C(=O)OC(C)(C)C. The molecule has 0 N–H and O–H groups in total. The lowest BCUT2D eigenvalue weighted by Gasteiger charge is -2.25. The number of amides is 1. The van der Waals surface area contributed by atoms with Crippen molar-refractivity contribution in [3.8, 4) is 0 Å². The molecule has 0 spiro atoms. The Balaban J connectivity index is 2.47. The molecule has 0 aliphatic carbocycles. The van der Waals surface area contributed by atoms with Gasteiger partial charge in [0.25, 0.3) is 0 Å². The van der Waals surface area contributed by atoms with Gasteiger partial charge in [0.1, 0.15) is 11.7 Å². The maximum Gasteiger partial charge on any atom is 0.426 e. The van der Waals surface area contributed by atoms with Crippen LogP contribution in [0.2, 0.25) is 0 Å². The van der Waals surface area contributed by atoms with Crippen LogP contribution in [0.1, 0.15) is 32.4 Å². The molecule has 8 nitrogen and oxygen atoms in total. The smallest absolute Gasteiger partial charge is 0.426 e. The molecule has 0 aromatic heterocycles. The molecular weight excluding hydrogens is 338 g/mol. The lowest BCUT2D eigenvalue weighted by Crippen LogP contribution is -2.47. The maximum absolute atomic E-state index is 12.3. The minimum atomic E-state index is -4.50. The van der Waals surface area contributed by atoms with Crippen molar-refractivity contribution >= 4 is 22.4 Å². The standard InChI is InChI=1S/C15H19NO7S/c1-15(2,3)22-14(18)16-11(13(17)21-4)12(23-24(16,19)20)10-8-6-5-7-9-10/h5-9,11-12H,1-4H3/t11-,12+/m0/s1. The summed E-state index contributed by atoms with van der Waals surface area (Å²) in [7, 11) is -3.40. The van der Waals surface area contributed by atoms with Gasteiger partial charge in [-0.05, 0) is 26.3 Å². The Hall–Kier alpha value is -2.13. The summed E-state index contributed by atoms with van der Waals surface area (Å²) in [5.41, 5.74) is -0.527. The normalized spacial score (nSPS) is 22.9. The van der Waals surface area contributed by atoms with E-state index >= 15 is 0 Å². The summed E-state index contributed by atoms with van der Waals surface area (Å²) in [4.78, 5) is 24.5. The Morgan fingerprint density at radius 3 is 2.25 bits per heavy atom. The van der Waals surface area contributed by atoms with Crippen molar-refractivity contribution in [3.63, 3.8) is 0 Å². The van der Waals surface area contributed by atoms with Crippen LogP contribution in [0.3, 0.4) is 0 Å². The minimum absolute atomic E-state index is 0.293. The molecule has 1 aliphatic rings. The number of nitrogens with zero attached hydrogens (tertiary/aromatic N) is 1. The van der Waals surface area contributed by atoms with E-state index in [4.69, 9.17) is 8.92 Å². The predicted octanol–water partition coefficient (Wildman–Crippen LogP) is 1.78. The molecule has 0 bridgehead atoms. The molecule has 1 fully saturated rings. The van der Waals surface area contributed by atoms with Gasteiger partial charge in [-0.3, -0.25) is 0 Å². The van der Waals surface area contributed by atoms with Gasteiger partial charge >= 0.3 is 22.4 Å². The van der Waals surface area contributed by atoms with Gasteiger partial charge in [-0.25, -0.2) is 13.8 Å². The van der Waals surface area contributed by atoms with Crippen LogP contribution in [-0.2, 0) is 28.8 Å². The first-order valence-electron chi connectivity index (χ1n) is 7.15. The molecule has 1 aromatic rings. The second-order valence-corrected chi connectivity index (χ2v) is 7.57. The molecule has 24 heavy (non-hydrogen) atoms. The van der Waals surface area contributed by atoms with Crippen molar-refractivity contribution in [1.29, 1.82) is 0 Å². The second-order valence-electron chi connectivity index (χ2n) is 6.13. The van der Waals surface area contributed by atoms with Crippen LogP contribution in [0.25, 0.3) is 0 Å². The average Bonchev–Trinajstić information content (AvgIpc) is 2.77. The summed E-state index contributed by atoms with van der Waals surface area (Å²) < 4.78 is 39.6. The number of methoxy groups -OCH3 is 1. The van der Waals surface area contributed by atoms with Gasteiger partial charge in [0, 0.05) is 0 Å². The van der Waals surface area contributed by atoms with Gasteiger partial charge in [0.15, 0.2) is 6.04 Å².